The maximum absolute atomic E-state index is 15.0. The zero-order valence-corrected chi connectivity index (χ0v) is 39.6. The number of hydrogen-bond acceptors (Lipinski definition) is 10. The Morgan fingerprint density at radius 1 is 0.525 bits per heavy atom. The third-order valence-corrected chi connectivity index (χ3v) is 10.2. The Morgan fingerprint density at radius 2 is 0.967 bits per heavy atom. The van der Waals surface area contributed by atoms with Crippen molar-refractivity contribution in [1.29, 1.82) is 0 Å². The minimum Gasteiger partial charge on any atom is -0.493 e. The van der Waals surface area contributed by atoms with E-state index in [9.17, 15) is 19.2 Å². The van der Waals surface area contributed by atoms with E-state index in [-0.39, 0.29) is 39.8 Å². The summed E-state index contributed by atoms with van der Waals surface area (Å²) in [6.45, 7) is 23.1. The van der Waals surface area contributed by atoms with Gasteiger partial charge in [-0.15, -0.1) is 0 Å². The Kier molecular flexibility index (Phi) is 17.8. The summed E-state index contributed by atoms with van der Waals surface area (Å²) in [5.74, 6) is -2.25. The van der Waals surface area contributed by atoms with E-state index in [4.69, 9.17) is 23.7 Å². The monoisotopic (exact) mass is 848 g/mol. The third kappa shape index (κ3) is 14.5. The predicted octanol–water partition coefficient (Wildman–Crippen LogP) is 12.2. The molecular formula is C50H73NO10. The van der Waals surface area contributed by atoms with Crippen LogP contribution in [0.1, 0.15) is 167 Å². The van der Waals surface area contributed by atoms with Crippen molar-refractivity contribution in [2.45, 2.75) is 174 Å². The third-order valence-electron chi connectivity index (χ3n) is 10.2. The van der Waals surface area contributed by atoms with Gasteiger partial charge in [0.25, 0.3) is 0 Å². The van der Waals surface area contributed by atoms with Crippen molar-refractivity contribution in [2.75, 3.05) is 7.11 Å². The standard InChI is InChI=1S/C50H73NO10/c1-15-16-17-18-19-20-21-22-23-24-25-26-29-51-35-31-34(58-43(53)47(2,3)4)32-38(60-45(55)49(8,9)10)39(35)41(52)42(61-46(56)50(11,12)13)40(51)33-27-28-36(37(30-33)57-14)59-44(54)48(5,6)7/h27-28,30-32H,15-26,29H2,1-14H3. The van der Waals surface area contributed by atoms with Crippen molar-refractivity contribution in [3.05, 3.63) is 40.6 Å². The summed E-state index contributed by atoms with van der Waals surface area (Å²) in [7, 11) is 1.44. The molecule has 338 valence electrons. The lowest BCUT2D eigenvalue weighted by Crippen LogP contribution is -2.30. The fraction of sp³-hybridized carbons (Fsp3) is 0.620. The zero-order valence-electron chi connectivity index (χ0n) is 39.6. The summed E-state index contributed by atoms with van der Waals surface area (Å²) < 4.78 is 31.4. The second kappa shape index (κ2) is 21.4. The second-order valence-corrected chi connectivity index (χ2v) is 20.3. The largest absolute Gasteiger partial charge is 0.493 e. The number of unbranched alkanes of at least 4 members (excludes halogenated alkanes) is 11. The van der Waals surface area contributed by atoms with Crippen LogP contribution in [-0.2, 0) is 25.7 Å². The summed E-state index contributed by atoms with van der Waals surface area (Å²) in [5, 5.41) is -0.0183. The Bertz CT molecular complexity index is 2070. The highest BCUT2D eigenvalue weighted by atomic mass is 16.6. The molecule has 2 aromatic carbocycles. The lowest BCUT2D eigenvalue weighted by Gasteiger charge is -2.25. The molecule has 1 heterocycles. The van der Waals surface area contributed by atoms with E-state index >= 15 is 4.79 Å². The highest BCUT2D eigenvalue weighted by Gasteiger charge is 2.33. The minimum atomic E-state index is -1.01. The molecule has 3 aromatic rings. The van der Waals surface area contributed by atoms with Gasteiger partial charge in [0.2, 0.25) is 11.2 Å². The molecule has 1 aromatic heterocycles. The van der Waals surface area contributed by atoms with Crippen LogP contribution in [-0.4, -0.2) is 35.6 Å². The van der Waals surface area contributed by atoms with Crippen molar-refractivity contribution in [2.24, 2.45) is 21.7 Å². The van der Waals surface area contributed by atoms with E-state index < -0.39 is 51.0 Å². The van der Waals surface area contributed by atoms with E-state index in [1.807, 2.05) is 4.57 Å². The first-order chi connectivity index (χ1) is 28.3. The summed E-state index contributed by atoms with van der Waals surface area (Å²) in [6.07, 6.45) is 13.7. The van der Waals surface area contributed by atoms with Gasteiger partial charge in [0.1, 0.15) is 11.5 Å². The molecule has 0 saturated carbocycles. The molecule has 0 fully saturated rings. The topological polar surface area (TPSA) is 136 Å². The number of carbonyl (C=O) groups is 4. The number of fused-ring (bicyclic) bond motifs is 1. The van der Waals surface area contributed by atoms with Gasteiger partial charge in [0, 0.05) is 24.2 Å². The molecule has 0 unspecified atom stereocenters. The van der Waals surface area contributed by atoms with E-state index in [0.717, 1.165) is 25.7 Å². The molecular weight excluding hydrogens is 775 g/mol. The van der Waals surface area contributed by atoms with E-state index in [2.05, 4.69) is 6.92 Å². The second-order valence-electron chi connectivity index (χ2n) is 20.3. The molecule has 11 heteroatoms. The summed E-state index contributed by atoms with van der Waals surface area (Å²) >= 11 is 0. The van der Waals surface area contributed by atoms with Crippen LogP contribution < -0.4 is 29.1 Å². The smallest absolute Gasteiger partial charge is 0.316 e. The maximum Gasteiger partial charge on any atom is 0.316 e. The van der Waals surface area contributed by atoms with E-state index in [1.165, 1.54) is 58.1 Å². The first-order valence-electron chi connectivity index (χ1n) is 22.1. The molecule has 0 N–H and O–H groups in total. The summed E-state index contributed by atoms with van der Waals surface area (Å²) in [6, 6.07) is 7.83. The maximum atomic E-state index is 15.0. The number of hydrogen-bond donors (Lipinski definition) is 0. The van der Waals surface area contributed by atoms with Crippen molar-refractivity contribution in [3.8, 4) is 40.0 Å². The molecule has 0 aliphatic heterocycles. The van der Waals surface area contributed by atoms with Gasteiger partial charge in [-0.25, -0.2) is 0 Å². The Morgan fingerprint density at radius 3 is 1.44 bits per heavy atom. The van der Waals surface area contributed by atoms with Crippen LogP contribution in [0.25, 0.3) is 22.2 Å². The van der Waals surface area contributed by atoms with Crippen molar-refractivity contribution < 1.29 is 42.9 Å². The number of aromatic nitrogens is 1. The van der Waals surface area contributed by atoms with Crippen LogP contribution in [0.4, 0.5) is 0 Å². The molecule has 0 saturated heterocycles. The van der Waals surface area contributed by atoms with E-state index in [0.29, 0.717) is 24.0 Å². The van der Waals surface area contributed by atoms with Crippen LogP contribution >= 0.6 is 0 Å². The Hall–Kier alpha value is -4.67. The lowest BCUT2D eigenvalue weighted by molar-refractivity contribution is -0.144. The molecule has 0 amide bonds. The number of pyridine rings is 1. The van der Waals surface area contributed by atoms with Crippen LogP contribution in [0.5, 0.6) is 28.7 Å². The quantitative estimate of drug-likeness (QED) is 0.0651. The number of ether oxygens (including phenoxy) is 5. The Labute approximate surface area is 364 Å². The van der Waals surface area contributed by atoms with E-state index in [1.54, 1.807) is 107 Å². The first-order valence-corrected chi connectivity index (χ1v) is 22.1. The first kappa shape index (κ1) is 50.7. The van der Waals surface area contributed by atoms with Crippen LogP contribution in [0, 0.1) is 21.7 Å². The average Bonchev–Trinajstić information content (AvgIpc) is 3.15. The van der Waals surface area contributed by atoms with Crippen LogP contribution in [0.15, 0.2) is 35.1 Å². The van der Waals surface area contributed by atoms with Gasteiger partial charge >= 0.3 is 23.9 Å². The SMILES string of the molecule is CCCCCCCCCCCCCCn1c(-c2ccc(OC(=O)C(C)(C)C)c(OC)c2)c(OC(=O)C(C)(C)C)c(=O)c2c(OC(=O)C(C)(C)C)cc(OC(=O)C(C)(C)C)cc21. The fourth-order valence-electron chi connectivity index (χ4n) is 6.26. The number of esters is 4. The number of nitrogens with zero attached hydrogens (tertiary/aromatic N) is 1. The molecule has 61 heavy (non-hydrogen) atoms. The summed E-state index contributed by atoms with van der Waals surface area (Å²) in [4.78, 5) is 68.6. The van der Waals surface area contributed by atoms with Crippen molar-refractivity contribution in [1.82, 2.24) is 4.57 Å². The molecule has 0 aliphatic carbocycles. The van der Waals surface area contributed by atoms with Gasteiger partial charge in [-0.2, -0.15) is 0 Å². The van der Waals surface area contributed by atoms with Gasteiger partial charge in [-0.1, -0.05) is 77.6 Å². The van der Waals surface area contributed by atoms with Gasteiger partial charge in [-0.3, -0.25) is 24.0 Å². The molecule has 0 radical (unpaired) electrons. The van der Waals surface area contributed by atoms with Gasteiger partial charge in [0.15, 0.2) is 11.5 Å². The molecule has 0 spiro atoms. The molecule has 0 bridgehead atoms. The molecule has 0 atom stereocenters. The predicted molar refractivity (Wildman–Crippen MR) is 242 cm³/mol. The highest BCUT2D eigenvalue weighted by Crippen LogP contribution is 2.42. The van der Waals surface area contributed by atoms with Crippen molar-refractivity contribution in [3.63, 3.8) is 0 Å². The van der Waals surface area contributed by atoms with Gasteiger partial charge in [-0.05, 0) is 108 Å². The number of rotatable bonds is 19. The number of methoxy groups -OCH3 is 1. The number of carbonyl (C=O) groups excluding carboxylic acids is 4. The zero-order chi connectivity index (χ0) is 45.9. The number of benzene rings is 2. The minimum absolute atomic E-state index is 0.0183. The highest BCUT2D eigenvalue weighted by molar-refractivity contribution is 5.95. The van der Waals surface area contributed by atoms with Crippen LogP contribution in [0.2, 0.25) is 0 Å². The molecule has 3 rings (SSSR count). The lowest BCUT2D eigenvalue weighted by atomic mass is 9.97. The van der Waals surface area contributed by atoms with Crippen molar-refractivity contribution >= 4 is 34.8 Å². The molecule has 11 nitrogen and oxygen atoms in total. The summed E-state index contributed by atoms with van der Waals surface area (Å²) in [5.41, 5.74) is -3.38. The fourth-order valence-corrected chi connectivity index (χ4v) is 6.26. The number of aryl methyl sites for hydroxylation is 1. The normalized spacial score (nSPS) is 12.3. The van der Waals surface area contributed by atoms with Crippen LogP contribution in [0.3, 0.4) is 0 Å². The average molecular weight is 848 g/mol. The van der Waals surface area contributed by atoms with Gasteiger partial charge in [0.05, 0.1) is 45.4 Å². The Balaban J connectivity index is 2.35. The van der Waals surface area contributed by atoms with Gasteiger partial charge < -0.3 is 28.3 Å². The molecule has 0 aliphatic rings.